The van der Waals surface area contributed by atoms with Gasteiger partial charge in [-0.05, 0) is 55.7 Å². The lowest BCUT2D eigenvalue weighted by atomic mass is 10.1. The zero-order valence-corrected chi connectivity index (χ0v) is 17.6. The first-order valence-electron chi connectivity index (χ1n) is 9.32. The Hall–Kier alpha value is -2.24. The van der Waals surface area contributed by atoms with Crippen molar-refractivity contribution in [1.82, 2.24) is 0 Å². The quantitative estimate of drug-likeness (QED) is 0.478. The number of benzene rings is 2. The maximum Gasteiger partial charge on any atom is 0.291 e. The van der Waals surface area contributed by atoms with Crippen molar-refractivity contribution in [2.45, 2.75) is 19.3 Å². The van der Waals surface area contributed by atoms with Gasteiger partial charge in [0.2, 0.25) is 0 Å². The van der Waals surface area contributed by atoms with E-state index in [9.17, 15) is 4.79 Å². The summed E-state index contributed by atoms with van der Waals surface area (Å²) >= 11 is 9.89. The number of piperidine rings is 1. The van der Waals surface area contributed by atoms with Crippen LogP contribution in [0, 0.1) is 0 Å². The normalized spacial score (nSPS) is 14.1. The van der Waals surface area contributed by atoms with E-state index in [1.54, 1.807) is 6.07 Å². The number of para-hydroxylation sites is 1. The number of nitrogens with one attached hydrogen (secondary N) is 1. The second-order valence-corrected chi connectivity index (χ2v) is 8.13. The van der Waals surface area contributed by atoms with Crippen LogP contribution in [0.5, 0.6) is 0 Å². The molecule has 2 heterocycles. The topological polar surface area (TPSA) is 45.5 Å². The molecule has 1 amide bonds. The maximum atomic E-state index is 12.8. The van der Waals surface area contributed by atoms with Crippen LogP contribution in [0.25, 0.3) is 11.3 Å². The summed E-state index contributed by atoms with van der Waals surface area (Å²) in [5.74, 6) is 0.631. The summed E-state index contributed by atoms with van der Waals surface area (Å²) < 4.78 is 6.78. The number of rotatable bonds is 4. The van der Waals surface area contributed by atoms with Crippen molar-refractivity contribution in [3.05, 3.63) is 69.9 Å². The number of hydrogen-bond donors (Lipinski definition) is 1. The van der Waals surface area contributed by atoms with E-state index in [0.29, 0.717) is 16.5 Å². The van der Waals surface area contributed by atoms with Gasteiger partial charge in [-0.1, -0.05) is 45.7 Å². The first-order valence-corrected chi connectivity index (χ1v) is 10.5. The van der Waals surface area contributed by atoms with E-state index in [4.69, 9.17) is 16.0 Å². The van der Waals surface area contributed by atoms with Crippen molar-refractivity contribution in [3.63, 3.8) is 0 Å². The second kappa shape index (κ2) is 8.41. The zero-order chi connectivity index (χ0) is 19.5. The van der Waals surface area contributed by atoms with Crippen LogP contribution in [0.2, 0.25) is 5.02 Å². The highest BCUT2D eigenvalue weighted by Crippen LogP contribution is 2.36. The molecule has 3 aromatic rings. The Morgan fingerprint density at radius 2 is 1.75 bits per heavy atom. The van der Waals surface area contributed by atoms with Gasteiger partial charge < -0.3 is 14.6 Å². The van der Waals surface area contributed by atoms with Crippen LogP contribution in [-0.4, -0.2) is 19.0 Å². The third kappa shape index (κ3) is 4.10. The van der Waals surface area contributed by atoms with Crippen molar-refractivity contribution in [2.75, 3.05) is 23.3 Å². The number of nitrogens with zero attached hydrogens (tertiary/aromatic N) is 1. The molecule has 0 atom stereocenters. The highest BCUT2D eigenvalue weighted by molar-refractivity contribution is 9.10. The molecule has 0 spiro atoms. The summed E-state index contributed by atoms with van der Waals surface area (Å²) in [6.45, 7) is 1.89. The minimum absolute atomic E-state index is 0.266. The van der Waals surface area contributed by atoms with Gasteiger partial charge in [0.25, 0.3) is 5.91 Å². The minimum atomic E-state index is -0.288. The molecule has 0 aliphatic carbocycles. The molecule has 1 aliphatic rings. The number of anilines is 2. The van der Waals surface area contributed by atoms with Gasteiger partial charge >= 0.3 is 0 Å². The van der Waals surface area contributed by atoms with Gasteiger partial charge in [-0.2, -0.15) is 0 Å². The molecule has 2 aromatic carbocycles. The molecule has 28 heavy (non-hydrogen) atoms. The number of carbonyl (C=O) groups is 1. The summed E-state index contributed by atoms with van der Waals surface area (Å²) in [6.07, 6.45) is 3.49. The molecule has 6 heteroatoms. The standard InChI is InChI=1S/C22H20BrClN2O2/c23-16-9-7-15(8-10-16)19-11-12-20(28-19)22(27)25-18-6-4-5-17(24)21(18)26-13-2-1-3-14-26/h4-12H,1-3,13-14H2,(H,25,27). The fourth-order valence-corrected chi connectivity index (χ4v) is 4.03. The fraction of sp³-hybridized carbons (Fsp3) is 0.227. The van der Waals surface area contributed by atoms with Gasteiger partial charge in [0, 0.05) is 23.1 Å². The highest BCUT2D eigenvalue weighted by atomic mass is 79.9. The van der Waals surface area contributed by atoms with Crippen molar-refractivity contribution in [1.29, 1.82) is 0 Å². The van der Waals surface area contributed by atoms with E-state index in [1.807, 2.05) is 48.5 Å². The van der Waals surface area contributed by atoms with E-state index in [2.05, 4.69) is 26.1 Å². The van der Waals surface area contributed by atoms with E-state index in [0.717, 1.165) is 41.7 Å². The number of carbonyl (C=O) groups excluding carboxylic acids is 1. The smallest absolute Gasteiger partial charge is 0.291 e. The van der Waals surface area contributed by atoms with Crippen LogP contribution in [0.15, 0.2) is 63.5 Å². The lowest BCUT2D eigenvalue weighted by molar-refractivity contribution is 0.0997. The van der Waals surface area contributed by atoms with Gasteiger partial charge in [0.15, 0.2) is 5.76 Å². The maximum absolute atomic E-state index is 12.8. The zero-order valence-electron chi connectivity index (χ0n) is 15.3. The molecule has 0 bridgehead atoms. The Morgan fingerprint density at radius 3 is 2.50 bits per heavy atom. The lowest BCUT2D eigenvalue weighted by Gasteiger charge is -2.31. The Balaban J connectivity index is 1.56. The first-order chi connectivity index (χ1) is 13.6. The fourth-order valence-electron chi connectivity index (χ4n) is 3.47. The molecule has 1 aromatic heterocycles. The Morgan fingerprint density at radius 1 is 1.00 bits per heavy atom. The predicted molar refractivity (Wildman–Crippen MR) is 117 cm³/mol. The van der Waals surface area contributed by atoms with Crippen molar-refractivity contribution in [3.8, 4) is 11.3 Å². The Bertz CT molecular complexity index is 978. The van der Waals surface area contributed by atoms with Crippen LogP contribution < -0.4 is 10.2 Å². The molecule has 4 nitrogen and oxygen atoms in total. The molecule has 144 valence electrons. The second-order valence-electron chi connectivity index (χ2n) is 6.81. The van der Waals surface area contributed by atoms with Crippen LogP contribution in [0.3, 0.4) is 0 Å². The van der Waals surface area contributed by atoms with E-state index < -0.39 is 0 Å². The van der Waals surface area contributed by atoms with Gasteiger partial charge in [-0.25, -0.2) is 0 Å². The summed E-state index contributed by atoms with van der Waals surface area (Å²) in [6, 6.07) is 16.8. The third-order valence-electron chi connectivity index (χ3n) is 4.87. The van der Waals surface area contributed by atoms with Crippen LogP contribution in [0.1, 0.15) is 29.8 Å². The summed E-state index contributed by atoms with van der Waals surface area (Å²) in [4.78, 5) is 15.0. The lowest BCUT2D eigenvalue weighted by Crippen LogP contribution is -2.30. The van der Waals surface area contributed by atoms with Crippen molar-refractivity contribution < 1.29 is 9.21 Å². The van der Waals surface area contributed by atoms with Crippen LogP contribution in [-0.2, 0) is 0 Å². The summed E-state index contributed by atoms with van der Waals surface area (Å²) in [5, 5.41) is 3.62. The average Bonchev–Trinajstić information content (AvgIpc) is 3.20. The average molecular weight is 460 g/mol. The number of hydrogen-bond acceptors (Lipinski definition) is 3. The van der Waals surface area contributed by atoms with E-state index in [1.165, 1.54) is 6.42 Å². The molecule has 0 radical (unpaired) electrons. The Kier molecular flexibility index (Phi) is 5.74. The molecular weight excluding hydrogens is 440 g/mol. The van der Waals surface area contributed by atoms with Crippen molar-refractivity contribution in [2.24, 2.45) is 0 Å². The summed E-state index contributed by atoms with van der Waals surface area (Å²) in [5.41, 5.74) is 2.51. The molecule has 1 saturated heterocycles. The largest absolute Gasteiger partial charge is 0.451 e. The monoisotopic (exact) mass is 458 g/mol. The highest BCUT2D eigenvalue weighted by Gasteiger charge is 2.20. The predicted octanol–water partition coefficient (Wildman–Crippen LogP) is 6.61. The molecule has 1 N–H and O–H groups in total. The summed E-state index contributed by atoms with van der Waals surface area (Å²) in [7, 11) is 0. The van der Waals surface area contributed by atoms with E-state index >= 15 is 0 Å². The molecule has 0 unspecified atom stereocenters. The number of halogens is 2. The molecule has 1 fully saturated rings. The van der Waals surface area contributed by atoms with Gasteiger partial charge in [0.05, 0.1) is 16.4 Å². The van der Waals surface area contributed by atoms with Gasteiger partial charge in [-0.3, -0.25) is 4.79 Å². The van der Waals surface area contributed by atoms with Crippen LogP contribution >= 0.6 is 27.5 Å². The van der Waals surface area contributed by atoms with Crippen LogP contribution in [0.4, 0.5) is 11.4 Å². The third-order valence-corrected chi connectivity index (χ3v) is 5.70. The molecule has 0 saturated carbocycles. The number of amides is 1. The van der Waals surface area contributed by atoms with Gasteiger partial charge in [-0.15, -0.1) is 0 Å². The molecule has 1 aliphatic heterocycles. The SMILES string of the molecule is O=C(Nc1cccc(Cl)c1N1CCCCC1)c1ccc(-c2ccc(Br)cc2)o1. The first kappa shape index (κ1) is 19.1. The molecular formula is C22H20BrClN2O2. The Labute approximate surface area is 177 Å². The van der Waals surface area contributed by atoms with E-state index in [-0.39, 0.29) is 11.7 Å². The van der Waals surface area contributed by atoms with Crippen molar-refractivity contribution >= 4 is 44.8 Å². The number of furan rings is 1. The van der Waals surface area contributed by atoms with Gasteiger partial charge in [0.1, 0.15) is 5.76 Å². The minimum Gasteiger partial charge on any atom is -0.451 e. The molecule has 4 rings (SSSR count).